The van der Waals surface area contributed by atoms with Crippen molar-refractivity contribution in [2.45, 2.75) is 12.5 Å². The van der Waals surface area contributed by atoms with Crippen molar-refractivity contribution >= 4 is 11.6 Å². The van der Waals surface area contributed by atoms with Gasteiger partial charge in [0.25, 0.3) is 0 Å². The number of rotatable bonds is 2. The Hall–Kier alpha value is -1.49. The molecule has 1 unspecified atom stereocenters. The van der Waals surface area contributed by atoms with E-state index < -0.39 is 11.6 Å². The second-order valence-electron chi connectivity index (χ2n) is 3.79. The van der Waals surface area contributed by atoms with Crippen molar-refractivity contribution in [3.63, 3.8) is 0 Å². The second kappa shape index (κ2) is 4.17. The van der Waals surface area contributed by atoms with E-state index in [-0.39, 0.29) is 17.6 Å². The van der Waals surface area contributed by atoms with Crippen LogP contribution in [0.5, 0.6) is 0 Å². The SMILES string of the molecule is CNC1CC(=O)N(c2ccc(F)cc2F)C1. The molecule has 1 fully saturated rings. The van der Waals surface area contributed by atoms with Gasteiger partial charge in [0.2, 0.25) is 5.91 Å². The summed E-state index contributed by atoms with van der Waals surface area (Å²) in [6.07, 6.45) is 0.341. The number of halogens is 2. The molecule has 0 spiro atoms. The van der Waals surface area contributed by atoms with E-state index >= 15 is 0 Å². The third kappa shape index (κ3) is 1.90. The Labute approximate surface area is 92.1 Å². The van der Waals surface area contributed by atoms with Crippen molar-refractivity contribution in [2.24, 2.45) is 0 Å². The molecule has 1 aromatic carbocycles. The molecule has 0 aliphatic carbocycles. The highest BCUT2D eigenvalue weighted by atomic mass is 19.1. The minimum absolute atomic E-state index is 0.0250. The van der Waals surface area contributed by atoms with Gasteiger partial charge in [-0.05, 0) is 19.2 Å². The first-order valence-corrected chi connectivity index (χ1v) is 5.04. The molecule has 0 bridgehead atoms. The van der Waals surface area contributed by atoms with Crippen LogP contribution in [0.3, 0.4) is 0 Å². The first-order chi connectivity index (χ1) is 7.61. The third-order valence-corrected chi connectivity index (χ3v) is 2.73. The van der Waals surface area contributed by atoms with Gasteiger partial charge in [-0.15, -0.1) is 0 Å². The van der Waals surface area contributed by atoms with Crippen molar-refractivity contribution in [1.82, 2.24) is 5.32 Å². The Kier molecular flexibility index (Phi) is 2.87. The summed E-state index contributed by atoms with van der Waals surface area (Å²) >= 11 is 0. The van der Waals surface area contributed by atoms with Gasteiger partial charge in [-0.25, -0.2) is 8.78 Å². The molecule has 1 aliphatic heterocycles. The van der Waals surface area contributed by atoms with E-state index in [4.69, 9.17) is 0 Å². The molecule has 2 rings (SSSR count). The Morgan fingerprint density at radius 2 is 2.19 bits per heavy atom. The maximum absolute atomic E-state index is 13.5. The van der Waals surface area contributed by atoms with Crippen LogP contribution in [0.4, 0.5) is 14.5 Å². The first-order valence-electron chi connectivity index (χ1n) is 5.04. The van der Waals surface area contributed by atoms with Gasteiger partial charge < -0.3 is 10.2 Å². The van der Waals surface area contributed by atoms with Gasteiger partial charge in [0.05, 0.1) is 5.69 Å². The van der Waals surface area contributed by atoms with E-state index in [2.05, 4.69) is 5.32 Å². The quantitative estimate of drug-likeness (QED) is 0.824. The summed E-state index contributed by atoms with van der Waals surface area (Å²) in [5.74, 6) is -1.49. The molecule has 0 saturated carbocycles. The highest BCUT2D eigenvalue weighted by Crippen LogP contribution is 2.24. The molecule has 0 aromatic heterocycles. The average molecular weight is 226 g/mol. The highest BCUT2D eigenvalue weighted by molar-refractivity contribution is 5.96. The lowest BCUT2D eigenvalue weighted by molar-refractivity contribution is -0.117. The number of likely N-dealkylation sites (N-methyl/N-ethyl adjacent to an activating group) is 1. The Bertz CT molecular complexity index is 422. The molecule has 5 heteroatoms. The number of hydrogen-bond donors (Lipinski definition) is 1. The zero-order valence-electron chi connectivity index (χ0n) is 8.84. The maximum atomic E-state index is 13.5. The van der Waals surface area contributed by atoms with Crippen molar-refractivity contribution in [2.75, 3.05) is 18.5 Å². The second-order valence-corrected chi connectivity index (χ2v) is 3.79. The lowest BCUT2D eigenvalue weighted by Gasteiger charge is -2.17. The molecular weight excluding hydrogens is 214 g/mol. The van der Waals surface area contributed by atoms with Gasteiger partial charge in [0, 0.05) is 25.1 Å². The van der Waals surface area contributed by atoms with Gasteiger partial charge in [0.15, 0.2) is 0 Å². The number of anilines is 1. The summed E-state index contributed by atoms with van der Waals surface area (Å²) in [4.78, 5) is 12.9. The molecule has 1 amide bonds. The summed E-state index contributed by atoms with van der Waals surface area (Å²) in [7, 11) is 1.75. The van der Waals surface area contributed by atoms with Gasteiger partial charge in [-0.2, -0.15) is 0 Å². The lowest BCUT2D eigenvalue weighted by atomic mass is 10.2. The molecular formula is C11H12F2N2O. The molecule has 1 atom stereocenters. The number of carbonyl (C=O) groups excluding carboxylic acids is 1. The van der Waals surface area contributed by atoms with Crippen LogP contribution >= 0.6 is 0 Å². The number of benzene rings is 1. The van der Waals surface area contributed by atoms with Crippen LogP contribution in [0.15, 0.2) is 18.2 Å². The van der Waals surface area contributed by atoms with Crippen LogP contribution in [0.1, 0.15) is 6.42 Å². The Morgan fingerprint density at radius 3 is 2.75 bits per heavy atom. The summed E-state index contributed by atoms with van der Waals surface area (Å²) in [6.45, 7) is 0.415. The first kappa shape index (κ1) is 11.0. The van der Waals surface area contributed by atoms with Crippen molar-refractivity contribution in [3.05, 3.63) is 29.8 Å². The van der Waals surface area contributed by atoms with Crippen LogP contribution < -0.4 is 10.2 Å². The lowest BCUT2D eigenvalue weighted by Crippen LogP contribution is -2.30. The maximum Gasteiger partial charge on any atom is 0.228 e. The van der Waals surface area contributed by atoms with Crippen LogP contribution in [-0.4, -0.2) is 25.5 Å². The molecule has 1 saturated heterocycles. The van der Waals surface area contributed by atoms with E-state index in [9.17, 15) is 13.6 Å². The summed E-state index contributed by atoms with van der Waals surface area (Å²) in [5.41, 5.74) is 0.143. The zero-order valence-corrected chi connectivity index (χ0v) is 8.84. The normalized spacial score (nSPS) is 20.6. The predicted molar refractivity (Wildman–Crippen MR) is 56.2 cm³/mol. The standard InChI is InChI=1S/C11H12F2N2O/c1-14-8-5-11(16)15(6-8)10-3-2-7(12)4-9(10)13/h2-4,8,14H,5-6H2,1H3. The number of nitrogens with one attached hydrogen (secondary N) is 1. The van der Waals surface area contributed by atoms with Gasteiger partial charge in [0.1, 0.15) is 11.6 Å². The average Bonchev–Trinajstić information content (AvgIpc) is 2.60. The number of hydrogen-bond acceptors (Lipinski definition) is 2. The molecule has 1 N–H and O–H groups in total. The monoisotopic (exact) mass is 226 g/mol. The Balaban J connectivity index is 2.28. The van der Waals surface area contributed by atoms with Crippen LogP contribution in [0, 0.1) is 11.6 Å². The highest BCUT2D eigenvalue weighted by Gasteiger charge is 2.30. The molecule has 86 valence electrons. The largest absolute Gasteiger partial charge is 0.315 e. The van der Waals surface area contributed by atoms with Gasteiger partial charge >= 0.3 is 0 Å². The van der Waals surface area contributed by atoms with Crippen molar-refractivity contribution < 1.29 is 13.6 Å². The van der Waals surface area contributed by atoms with Crippen LogP contribution in [0.25, 0.3) is 0 Å². The number of nitrogens with zero attached hydrogens (tertiary/aromatic N) is 1. The number of amides is 1. The fourth-order valence-corrected chi connectivity index (χ4v) is 1.83. The molecule has 1 heterocycles. The van der Waals surface area contributed by atoms with E-state index in [0.29, 0.717) is 13.0 Å². The fraction of sp³-hybridized carbons (Fsp3) is 0.364. The third-order valence-electron chi connectivity index (χ3n) is 2.73. The molecule has 1 aliphatic rings. The topological polar surface area (TPSA) is 32.3 Å². The van der Waals surface area contributed by atoms with E-state index in [1.807, 2.05) is 0 Å². The zero-order chi connectivity index (χ0) is 11.7. The predicted octanol–water partition coefficient (Wildman–Crippen LogP) is 1.29. The van der Waals surface area contributed by atoms with Crippen molar-refractivity contribution in [3.8, 4) is 0 Å². The minimum Gasteiger partial charge on any atom is -0.315 e. The van der Waals surface area contributed by atoms with Crippen LogP contribution in [-0.2, 0) is 4.79 Å². The smallest absolute Gasteiger partial charge is 0.228 e. The molecule has 3 nitrogen and oxygen atoms in total. The summed E-state index contributed by atoms with van der Waals surface area (Å²) in [6, 6.07) is 3.26. The van der Waals surface area contributed by atoms with E-state index in [0.717, 1.165) is 12.1 Å². The fourth-order valence-electron chi connectivity index (χ4n) is 1.83. The van der Waals surface area contributed by atoms with Gasteiger partial charge in [-0.1, -0.05) is 0 Å². The van der Waals surface area contributed by atoms with Gasteiger partial charge in [-0.3, -0.25) is 4.79 Å². The summed E-state index contributed by atoms with van der Waals surface area (Å²) < 4.78 is 26.2. The number of carbonyl (C=O) groups is 1. The van der Waals surface area contributed by atoms with E-state index in [1.54, 1.807) is 7.05 Å². The van der Waals surface area contributed by atoms with Crippen molar-refractivity contribution in [1.29, 1.82) is 0 Å². The molecule has 0 radical (unpaired) electrons. The molecule has 1 aromatic rings. The molecule has 16 heavy (non-hydrogen) atoms. The summed E-state index contributed by atoms with van der Waals surface area (Å²) in [5, 5.41) is 2.97. The van der Waals surface area contributed by atoms with Crippen LogP contribution in [0.2, 0.25) is 0 Å². The minimum atomic E-state index is -0.704. The van der Waals surface area contributed by atoms with E-state index in [1.165, 1.54) is 11.0 Å². The Morgan fingerprint density at radius 1 is 1.44 bits per heavy atom.